The summed E-state index contributed by atoms with van der Waals surface area (Å²) in [6, 6.07) is 3.63. The van der Waals surface area contributed by atoms with Crippen molar-refractivity contribution >= 4 is 33.9 Å². The van der Waals surface area contributed by atoms with E-state index in [-0.39, 0.29) is 41.0 Å². The van der Waals surface area contributed by atoms with Crippen LogP contribution in [0.1, 0.15) is 34.6 Å². The van der Waals surface area contributed by atoms with E-state index >= 15 is 0 Å². The van der Waals surface area contributed by atoms with Crippen molar-refractivity contribution in [2.45, 2.75) is 32.1 Å². The number of hydrogen-bond acceptors (Lipinski definition) is 8. The maximum atomic E-state index is 14.2. The maximum Gasteiger partial charge on any atom is 0.434 e. The van der Waals surface area contributed by atoms with Gasteiger partial charge in [0.15, 0.2) is 17.3 Å². The van der Waals surface area contributed by atoms with Crippen LogP contribution in [0.5, 0.6) is 5.75 Å². The summed E-state index contributed by atoms with van der Waals surface area (Å²) in [6.45, 7) is 1.72. The van der Waals surface area contributed by atoms with Gasteiger partial charge in [-0.05, 0) is 44.1 Å². The van der Waals surface area contributed by atoms with Crippen LogP contribution in [0.4, 0.5) is 47.2 Å². The summed E-state index contributed by atoms with van der Waals surface area (Å²) in [5, 5.41) is 5.51. The molecule has 0 unspecified atom stereocenters. The van der Waals surface area contributed by atoms with Crippen LogP contribution < -0.4 is 15.4 Å². The minimum Gasteiger partial charge on any atom is -0.490 e. The number of hydrogen-bond donors (Lipinski definition) is 2. The molecule has 2 N–H and O–H groups in total. The summed E-state index contributed by atoms with van der Waals surface area (Å²) in [4.78, 5) is 21.4. The molecule has 2 aromatic heterocycles. The lowest BCUT2D eigenvalue weighted by Gasteiger charge is -2.17. The Kier molecular flexibility index (Phi) is 9.66. The van der Waals surface area contributed by atoms with Gasteiger partial charge in [-0.3, -0.25) is 4.79 Å². The number of aromatic nitrogens is 3. The third-order valence-electron chi connectivity index (χ3n) is 5.18. The largest absolute Gasteiger partial charge is 0.490 e. The highest BCUT2D eigenvalue weighted by Gasteiger charge is 2.33. The Bertz CT molecular complexity index is 1270. The van der Waals surface area contributed by atoms with Crippen molar-refractivity contribution in [1.82, 2.24) is 19.2 Å². The molecule has 39 heavy (non-hydrogen) atoms. The summed E-state index contributed by atoms with van der Waals surface area (Å²) in [5.74, 6) is -1.53. The molecule has 0 aliphatic rings. The van der Waals surface area contributed by atoms with Gasteiger partial charge in [0.05, 0.1) is 36.7 Å². The Morgan fingerprint density at radius 2 is 1.85 bits per heavy atom. The lowest BCUT2D eigenvalue weighted by atomic mass is 10.2. The third-order valence-corrected chi connectivity index (χ3v) is 6.04. The van der Waals surface area contributed by atoms with Crippen LogP contribution in [0.15, 0.2) is 30.6 Å². The van der Waals surface area contributed by atoms with Crippen molar-refractivity contribution in [2.75, 3.05) is 37.4 Å². The zero-order valence-corrected chi connectivity index (χ0v) is 21.4. The molecule has 0 fully saturated rings. The van der Waals surface area contributed by atoms with E-state index in [0.717, 1.165) is 23.8 Å². The zero-order valence-electron chi connectivity index (χ0n) is 20.6. The van der Waals surface area contributed by atoms with E-state index in [4.69, 9.17) is 4.74 Å². The average Bonchev–Trinajstić information content (AvgIpc) is 3.21. The topological polar surface area (TPSA) is 92.3 Å². The van der Waals surface area contributed by atoms with Crippen molar-refractivity contribution in [3.8, 4) is 5.75 Å². The number of amides is 1. The van der Waals surface area contributed by atoms with Crippen LogP contribution in [0.2, 0.25) is 0 Å². The number of halogens is 7. The Morgan fingerprint density at radius 3 is 2.49 bits per heavy atom. The fraction of sp³-hybridized carbons (Fsp3) is 0.391. The average molecular weight is 581 g/mol. The molecule has 1 amide bonds. The van der Waals surface area contributed by atoms with Crippen LogP contribution in [-0.4, -0.2) is 58.1 Å². The number of alkyl halides is 6. The zero-order chi connectivity index (χ0) is 28.8. The molecule has 0 radical (unpaired) electrons. The second-order valence-corrected chi connectivity index (χ2v) is 9.12. The molecule has 0 bridgehead atoms. The number of nitrogens with zero attached hydrogens (tertiary/aromatic N) is 4. The number of carbonyl (C=O) groups is 1. The first-order valence-corrected chi connectivity index (χ1v) is 12.1. The van der Waals surface area contributed by atoms with E-state index in [1.54, 1.807) is 6.92 Å². The molecule has 0 atom stereocenters. The Labute approximate surface area is 222 Å². The van der Waals surface area contributed by atoms with Crippen molar-refractivity contribution < 1.29 is 40.3 Å². The van der Waals surface area contributed by atoms with E-state index in [0.29, 0.717) is 24.9 Å². The number of nitrogens with one attached hydrogen (secondary N) is 2. The van der Waals surface area contributed by atoms with Crippen molar-refractivity contribution in [3.63, 3.8) is 0 Å². The second-order valence-electron chi connectivity index (χ2n) is 8.35. The molecule has 16 heteroatoms. The van der Waals surface area contributed by atoms with E-state index in [2.05, 4.69) is 25.0 Å². The summed E-state index contributed by atoms with van der Waals surface area (Å²) < 4.78 is 98.8. The summed E-state index contributed by atoms with van der Waals surface area (Å²) in [5.41, 5.74) is -0.567. The molecule has 0 aliphatic carbocycles. The van der Waals surface area contributed by atoms with Gasteiger partial charge in [0.1, 0.15) is 10.8 Å². The third kappa shape index (κ3) is 9.02. The van der Waals surface area contributed by atoms with Crippen LogP contribution >= 0.6 is 11.5 Å². The molecular weight excluding hydrogens is 557 g/mol. The first-order valence-electron chi connectivity index (χ1n) is 11.3. The van der Waals surface area contributed by atoms with Gasteiger partial charge in [0.25, 0.3) is 5.91 Å². The van der Waals surface area contributed by atoms with E-state index < -0.39 is 36.2 Å². The van der Waals surface area contributed by atoms with Crippen LogP contribution in [0.25, 0.3) is 0 Å². The SMILES string of the molecule is Cc1nsc(Nc2cnc(C(F)(F)F)cn2)c1C(=O)Nc1ccc(F)c(OCCCN(C)CCC(F)(F)F)c1. The predicted octanol–water partition coefficient (Wildman–Crippen LogP) is 6.05. The highest BCUT2D eigenvalue weighted by molar-refractivity contribution is 7.10. The number of aryl methyl sites for hydroxylation is 1. The van der Waals surface area contributed by atoms with Gasteiger partial charge in [0.2, 0.25) is 0 Å². The molecule has 8 nitrogen and oxygen atoms in total. The van der Waals surface area contributed by atoms with Crippen molar-refractivity contribution in [1.29, 1.82) is 0 Å². The van der Waals surface area contributed by atoms with E-state index in [1.807, 2.05) is 0 Å². The normalized spacial score (nSPS) is 12.1. The molecule has 1 aromatic carbocycles. The molecule has 3 rings (SSSR count). The highest BCUT2D eigenvalue weighted by atomic mass is 32.1. The number of carbonyl (C=O) groups excluding carboxylic acids is 1. The molecule has 212 valence electrons. The minimum absolute atomic E-state index is 0.0282. The maximum absolute atomic E-state index is 14.2. The Hall–Kier alpha value is -3.53. The lowest BCUT2D eigenvalue weighted by Crippen LogP contribution is -2.26. The van der Waals surface area contributed by atoms with Crippen LogP contribution in [0.3, 0.4) is 0 Å². The van der Waals surface area contributed by atoms with Gasteiger partial charge < -0.3 is 20.3 Å². The summed E-state index contributed by atoms with van der Waals surface area (Å²) in [6.07, 6.45) is -8.07. The summed E-state index contributed by atoms with van der Waals surface area (Å²) >= 11 is 0.883. The van der Waals surface area contributed by atoms with Gasteiger partial charge in [-0.2, -0.15) is 30.7 Å². The number of anilines is 3. The quantitative estimate of drug-likeness (QED) is 0.211. The molecule has 2 heterocycles. The monoisotopic (exact) mass is 580 g/mol. The minimum atomic E-state index is -4.65. The second kappa shape index (κ2) is 12.5. The molecule has 0 aliphatic heterocycles. The van der Waals surface area contributed by atoms with E-state index in [9.17, 15) is 35.5 Å². The fourth-order valence-corrected chi connectivity index (χ4v) is 4.01. The molecule has 0 saturated heterocycles. The lowest BCUT2D eigenvalue weighted by molar-refractivity contribution is -0.141. The first kappa shape index (κ1) is 30.0. The Balaban J connectivity index is 1.60. The molecule has 0 saturated carbocycles. The van der Waals surface area contributed by atoms with Crippen LogP contribution in [0, 0.1) is 12.7 Å². The molecular formula is C23H23F7N6O2S. The van der Waals surface area contributed by atoms with Gasteiger partial charge >= 0.3 is 12.4 Å². The van der Waals surface area contributed by atoms with Gasteiger partial charge in [0, 0.05) is 24.8 Å². The Morgan fingerprint density at radius 1 is 1.10 bits per heavy atom. The number of benzene rings is 1. The standard InChI is InChI=1S/C23H23F7N6O2S/c1-13-19(21(39-35-13)34-18-12-31-17(11-32-18)23(28,29)30)20(37)33-14-4-5-15(24)16(10-14)38-9-3-7-36(2)8-6-22(25,26)27/h4-5,10-12H,3,6-9H2,1-2H3,(H,32,34)(H,33,37). The van der Waals surface area contributed by atoms with Crippen LogP contribution in [-0.2, 0) is 6.18 Å². The van der Waals surface area contributed by atoms with Gasteiger partial charge in [-0.1, -0.05) is 0 Å². The highest BCUT2D eigenvalue weighted by Crippen LogP contribution is 2.31. The number of rotatable bonds is 11. The summed E-state index contributed by atoms with van der Waals surface area (Å²) in [7, 11) is 1.54. The van der Waals surface area contributed by atoms with Crippen molar-refractivity contribution in [2.24, 2.45) is 0 Å². The van der Waals surface area contributed by atoms with Gasteiger partial charge in [-0.15, -0.1) is 0 Å². The van der Waals surface area contributed by atoms with Crippen molar-refractivity contribution in [3.05, 3.63) is 53.4 Å². The molecule has 3 aromatic rings. The predicted molar refractivity (Wildman–Crippen MR) is 130 cm³/mol. The fourth-order valence-electron chi connectivity index (χ4n) is 3.21. The molecule has 0 spiro atoms. The van der Waals surface area contributed by atoms with Gasteiger partial charge in [-0.25, -0.2) is 14.4 Å². The smallest absolute Gasteiger partial charge is 0.434 e. The van der Waals surface area contributed by atoms with E-state index in [1.165, 1.54) is 24.1 Å². The first-order chi connectivity index (χ1) is 18.2. The number of ether oxygens (including phenoxy) is 1.